The van der Waals surface area contributed by atoms with Gasteiger partial charge in [-0.05, 0) is 49.4 Å². The van der Waals surface area contributed by atoms with Crippen LogP contribution in [0.5, 0.6) is 0 Å². The van der Waals surface area contributed by atoms with Gasteiger partial charge < -0.3 is 0 Å². The van der Waals surface area contributed by atoms with Crippen LogP contribution in [-0.4, -0.2) is 17.3 Å². The molecule has 0 saturated heterocycles. The van der Waals surface area contributed by atoms with Gasteiger partial charge in [-0.1, -0.05) is 48.0 Å². The van der Waals surface area contributed by atoms with Crippen LogP contribution in [0.3, 0.4) is 0 Å². The maximum absolute atomic E-state index is 11.1. The van der Waals surface area contributed by atoms with Gasteiger partial charge in [-0.2, -0.15) is 0 Å². The van der Waals surface area contributed by atoms with Crippen molar-refractivity contribution in [2.45, 2.75) is 119 Å². The summed E-state index contributed by atoms with van der Waals surface area (Å²) in [6.07, 6.45) is 12.0. The smallest absolute Gasteiger partial charge is 0.138 e. The summed E-state index contributed by atoms with van der Waals surface area (Å²) >= 11 is 0. The van der Waals surface area contributed by atoms with Crippen molar-refractivity contribution in [3.05, 3.63) is 0 Å². The first kappa shape index (κ1) is 24.0. The average Bonchev–Trinajstić information content (AvgIpc) is 2.53. The molecule has 0 bridgehead atoms. The van der Waals surface area contributed by atoms with Crippen molar-refractivity contribution >= 4 is 17.3 Å². The molecule has 3 heteroatoms. The van der Waals surface area contributed by atoms with Gasteiger partial charge in [0, 0.05) is 37.5 Å². The second-order valence-corrected chi connectivity index (χ2v) is 11.0. The topological polar surface area (TPSA) is 51.2 Å². The predicted octanol–water partition coefficient (Wildman–Crippen LogP) is 6.47. The van der Waals surface area contributed by atoms with E-state index in [2.05, 4.69) is 41.5 Å². The lowest BCUT2D eigenvalue weighted by molar-refractivity contribution is -0.129. The Bertz CT molecular complexity index is 514. The fourth-order valence-electron chi connectivity index (χ4n) is 4.01. The molecule has 0 aromatic heterocycles. The number of carbonyl (C=O) groups is 3. The minimum absolute atomic E-state index is 0.00174. The van der Waals surface area contributed by atoms with Crippen LogP contribution in [0.25, 0.3) is 0 Å². The van der Waals surface area contributed by atoms with E-state index in [-0.39, 0.29) is 5.41 Å². The van der Waals surface area contributed by atoms with Crippen LogP contribution in [0.1, 0.15) is 119 Å². The highest BCUT2D eigenvalue weighted by molar-refractivity contribution is 5.84. The van der Waals surface area contributed by atoms with Crippen molar-refractivity contribution in [1.82, 2.24) is 0 Å². The molecular weight excluding hydrogens is 336 g/mol. The molecule has 3 aliphatic carbocycles. The Kier molecular flexibility index (Phi) is 8.89. The number of carbonyl (C=O) groups excluding carboxylic acids is 3. The average molecular weight is 379 g/mol. The summed E-state index contributed by atoms with van der Waals surface area (Å²) in [6.45, 7) is 12.9. The van der Waals surface area contributed by atoms with Crippen LogP contribution in [0, 0.1) is 16.2 Å². The number of hydrogen-bond donors (Lipinski definition) is 0. The molecule has 0 atom stereocenters. The number of Topliss-reactive ketones (excluding diaryl/α,β-unsaturated/α-hetero) is 3. The van der Waals surface area contributed by atoms with Crippen molar-refractivity contribution < 1.29 is 14.4 Å². The number of hydrogen-bond acceptors (Lipinski definition) is 3. The number of rotatable bonds is 0. The van der Waals surface area contributed by atoms with E-state index < -0.39 is 0 Å². The molecule has 0 radical (unpaired) electrons. The van der Waals surface area contributed by atoms with E-state index >= 15 is 0 Å². The molecule has 156 valence electrons. The monoisotopic (exact) mass is 378 g/mol. The van der Waals surface area contributed by atoms with Crippen LogP contribution < -0.4 is 0 Å². The maximum Gasteiger partial charge on any atom is 0.138 e. The van der Waals surface area contributed by atoms with Crippen molar-refractivity contribution in [2.24, 2.45) is 16.2 Å². The lowest BCUT2D eigenvalue weighted by atomic mass is 9.76. The third-order valence-electron chi connectivity index (χ3n) is 6.36. The van der Waals surface area contributed by atoms with Gasteiger partial charge in [0.05, 0.1) is 0 Å². The predicted molar refractivity (Wildman–Crippen MR) is 112 cm³/mol. The SMILES string of the molecule is CC1(C)CCC(=O)CC1.CC1(C)CCCC(=O)C1.CC1(C)CCCCC1=O. The van der Waals surface area contributed by atoms with Crippen molar-refractivity contribution in [3.8, 4) is 0 Å². The van der Waals surface area contributed by atoms with E-state index in [0.29, 0.717) is 28.2 Å². The van der Waals surface area contributed by atoms with Crippen LogP contribution in [-0.2, 0) is 14.4 Å². The minimum atomic E-state index is -0.00174. The van der Waals surface area contributed by atoms with Crippen molar-refractivity contribution in [1.29, 1.82) is 0 Å². The van der Waals surface area contributed by atoms with Crippen LogP contribution in [0.15, 0.2) is 0 Å². The van der Waals surface area contributed by atoms with Gasteiger partial charge >= 0.3 is 0 Å². The first-order valence-corrected chi connectivity index (χ1v) is 10.9. The maximum atomic E-state index is 11.1. The molecule has 3 saturated carbocycles. The zero-order valence-corrected chi connectivity index (χ0v) is 18.7. The molecule has 0 unspecified atom stereocenters. The van der Waals surface area contributed by atoms with Gasteiger partial charge in [-0.15, -0.1) is 0 Å². The Balaban J connectivity index is 0.000000202. The second-order valence-electron chi connectivity index (χ2n) is 11.0. The van der Waals surface area contributed by atoms with E-state index in [1.54, 1.807) is 0 Å². The Hall–Kier alpha value is -0.990. The summed E-state index contributed by atoms with van der Waals surface area (Å²) in [7, 11) is 0. The summed E-state index contributed by atoms with van der Waals surface area (Å²) in [6, 6.07) is 0. The minimum Gasteiger partial charge on any atom is -0.300 e. The Morgan fingerprint density at radius 1 is 0.556 bits per heavy atom. The Morgan fingerprint density at radius 2 is 1.15 bits per heavy atom. The van der Waals surface area contributed by atoms with E-state index in [1.807, 2.05) is 0 Å². The van der Waals surface area contributed by atoms with Crippen LogP contribution in [0.4, 0.5) is 0 Å². The van der Waals surface area contributed by atoms with Crippen molar-refractivity contribution in [3.63, 3.8) is 0 Å². The molecule has 0 N–H and O–H groups in total. The molecule has 3 aliphatic rings. The second kappa shape index (κ2) is 9.98. The van der Waals surface area contributed by atoms with Gasteiger partial charge in [-0.25, -0.2) is 0 Å². The normalized spacial score (nSPS) is 26.2. The third kappa shape index (κ3) is 9.67. The standard InChI is InChI=1S/3C8H14O/c1-8(2)5-3-7(9)4-6-8;1-8(2)5-3-4-7(9)6-8;1-8(2)6-4-3-5-7(8)9/h3*3-6H2,1-2H3. The fourth-order valence-corrected chi connectivity index (χ4v) is 4.01. The first-order chi connectivity index (χ1) is 12.3. The number of ketones is 3. The van der Waals surface area contributed by atoms with Crippen molar-refractivity contribution in [2.75, 3.05) is 0 Å². The zero-order valence-electron chi connectivity index (χ0n) is 18.7. The van der Waals surface area contributed by atoms with Gasteiger partial charge in [0.25, 0.3) is 0 Å². The molecule has 0 aromatic carbocycles. The fraction of sp³-hybridized carbons (Fsp3) is 0.875. The van der Waals surface area contributed by atoms with Crippen LogP contribution in [0.2, 0.25) is 0 Å². The first-order valence-electron chi connectivity index (χ1n) is 10.9. The lowest BCUT2D eigenvalue weighted by Gasteiger charge is -2.27. The summed E-state index contributed by atoms with van der Waals surface area (Å²) in [5, 5.41) is 0. The quantitative estimate of drug-likeness (QED) is 0.485. The molecule has 0 aliphatic heterocycles. The van der Waals surface area contributed by atoms with Gasteiger partial charge in [-0.3, -0.25) is 14.4 Å². The van der Waals surface area contributed by atoms with Gasteiger partial charge in [0.2, 0.25) is 0 Å². The van der Waals surface area contributed by atoms with E-state index in [0.717, 1.165) is 64.2 Å². The van der Waals surface area contributed by atoms with Crippen LogP contribution >= 0.6 is 0 Å². The largest absolute Gasteiger partial charge is 0.300 e. The molecule has 0 amide bonds. The molecular formula is C24H42O3. The third-order valence-corrected chi connectivity index (χ3v) is 6.36. The Morgan fingerprint density at radius 3 is 1.48 bits per heavy atom. The molecule has 3 rings (SSSR count). The lowest BCUT2D eigenvalue weighted by Crippen LogP contribution is -2.27. The molecule has 0 aromatic rings. The highest BCUT2D eigenvalue weighted by Gasteiger charge is 2.29. The zero-order chi connectivity index (χ0) is 20.7. The summed E-state index contributed by atoms with van der Waals surface area (Å²) in [5.74, 6) is 1.36. The molecule has 3 fully saturated rings. The summed E-state index contributed by atoms with van der Waals surface area (Å²) in [5.41, 5.74) is 0.738. The summed E-state index contributed by atoms with van der Waals surface area (Å²) in [4.78, 5) is 32.7. The molecule has 0 spiro atoms. The Labute approximate surface area is 167 Å². The van der Waals surface area contributed by atoms with E-state index in [1.165, 1.54) is 12.8 Å². The van der Waals surface area contributed by atoms with E-state index in [9.17, 15) is 14.4 Å². The molecule has 27 heavy (non-hydrogen) atoms. The molecule has 0 heterocycles. The molecule has 3 nitrogen and oxygen atoms in total. The van der Waals surface area contributed by atoms with Gasteiger partial charge in [0.15, 0.2) is 0 Å². The van der Waals surface area contributed by atoms with E-state index in [4.69, 9.17) is 0 Å². The highest BCUT2D eigenvalue weighted by atomic mass is 16.1. The summed E-state index contributed by atoms with van der Waals surface area (Å²) < 4.78 is 0. The highest BCUT2D eigenvalue weighted by Crippen LogP contribution is 2.33. The van der Waals surface area contributed by atoms with Gasteiger partial charge in [0.1, 0.15) is 17.3 Å².